The quantitative estimate of drug-likeness (QED) is 0.271. The van der Waals surface area contributed by atoms with Gasteiger partial charge in [0.1, 0.15) is 0 Å². The van der Waals surface area contributed by atoms with Crippen LogP contribution in [0.15, 0.2) is 0 Å². The average Bonchev–Trinajstić information content (AvgIpc) is 1.37. The fourth-order valence-corrected chi connectivity index (χ4v) is 0. The van der Waals surface area contributed by atoms with E-state index in [9.17, 15) is 0 Å². The second kappa shape index (κ2) is 8.83. The van der Waals surface area contributed by atoms with Crippen LogP contribution in [-0.2, 0) is 16.8 Å². The van der Waals surface area contributed by atoms with E-state index in [0.717, 1.165) is 0 Å². The minimum absolute atomic E-state index is 0. The van der Waals surface area contributed by atoms with E-state index in [1.54, 1.807) is 0 Å². The van der Waals surface area contributed by atoms with E-state index < -0.39 is 0 Å². The van der Waals surface area contributed by atoms with E-state index in [1.165, 1.54) is 0 Å². The first-order chi connectivity index (χ1) is 1.91. The predicted octanol–water partition coefficient (Wildman–Crippen LogP) is -0.719. The molecule has 1 radical (unpaired) electrons. The maximum atomic E-state index is 4.72. The second-order valence-electron chi connectivity index (χ2n) is 0.454. The van der Waals surface area contributed by atoms with Crippen LogP contribution in [0.5, 0.6) is 0 Å². The molecule has 35 valence electrons. The van der Waals surface area contributed by atoms with Crippen LogP contribution in [-0.4, -0.2) is 6.54 Å². The van der Waals surface area contributed by atoms with E-state index in [-0.39, 0.29) is 16.8 Å². The first-order valence-electron chi connectivity index (χ1n) is 1.14. The second-order valence-corrected chi connectivity index (χ2v) is 0.454. The minimum atomic E-state index is 0. The first-order valence-corrected chi connectivity index (χ1v) is 1.14. The molecule has 0 aliphatic carbocycles. The van der Waals surface area contributed by atoms with Crippen LogP contribution >= 0.6 is 0 Å². The summed E-state index contributed by atoms with van der Waals surface area (Å²) in [6.45, 7) is 3.97. The Kier molecular flexibility index (Phi) is 16.0. The van der Waals surface area contributed by atoms with Gasteiger partial charge in [-0.25, -0.2) is 0 Å². The van der Waals surface area contributed by atoms with Crippen LogP contribution in [0.1, 0.15) is 0 Å². The van der Waals surface area contributed by atoms with E-state index >= 15 is 0 Å². The molecule has 0 atom stereocenters. The SMILES string of the molecule is [CH2-]CNN.[Co]. The molecule has 3 heteroatoms. The normalized spacial score (nSPS) is 6.00. The molecular formula is C2H7CoN2-. The standard InChI is InChI=1S/C2H7N2.Co/c1-2-4-3;/h4H,1-3H2;/q-1;. The zero-order valence-corrected chi connectivity index (χ0v) is 3.87. The fraction of sp³-hybridized carbons (Fsp3) is 0.500. The van der Waals surface area contributed by atoms with Gasteiger partial charge in [-0.3, -0.25) is 11.3 Å². The van der Waals surface area contributed by atoms with Crippen molar-refractivity contribution < 1.29 is 16.8 Å². The molecule has 0 spiro atoms. The van der Waals surface area contributed by atoms with Crippen molar-refractivity contribution in [2.24, 2.45) is 5.84 Å². The molecule has 0 saturated heterocycles. The molecule has 3 N–H and O–H groups in total. The summed E-state index contributed by atoms with van der Waals surface area (Å²) in [6.07, 6.45) is 0. The Hall–Kier alpha value is 0.426. The average molecular weight is 118 g/mol. The Labute approximate surface area is 42.3 Å². The molecule has 0 rings (SSSR count). The van der Waals surface area contributed by atoms with Crippen LogP contribution in [0.25, 0.3) is 0 Å². The molecule has 0 unspecified atom stereocenters. The smallest absolute Gasteiger partial charge is 0 e. The van der Waals surface area contributed by atoms with E-state index in [0.29, 0.717) is 6.54 Å². The van der Waals surface area contributed by atoms with E-state index in [2.05, 4.69) is 12.3 Å². The third-order valence-corrected chi connectivity index (χ3v) is 0.144. The third kappa shape index (κ3) is 12.8. The van der Waals surface area contributed by atoms with Crippen molar-refractivity contribution in [1.82, 2.24) is 5.43 Å². The molecule has 0 aromatic carbocycles. The van der Waals surface area contributed by atoms with Gasteiger partial charge in [0, 0.05) is 16.8 Å². The molecular weight excluding hydrogens is 111 g/mol. The van der Waals surface area contributed by atoms with Crippen molar-refractivity contribution in [3.05, 3.63) is 6.92 Å². The zero-order valence-electron chi connectivity index (χ0n) is 2.82. The molecule has 0 aromatic heterocycles. The topological polar surface area (TPSA) is 38.0 Å². The number of rotatable bonds is 1. The van der Waals surface area contributed by atoms with Crippen LogP contribution in [0.2, 0.25) is 0 Å². The van der Waals surface area contributed by atoms with Gasteiger partial charge < -0.3 is 6.92 Å². The number of hydrazine groups is 1. The molecule has 5 heavy (non-hydrogen) atoms. The van der Waals surface area contributed by atoms with Crippen molar-refractivity contribution in [2.45, 2.75) is 0 Å². The monoisotopic (exact) mass is 118 g/mol. The van der Waals surface area contributed by atoms with Gasteiger partial charge in [0.05, 0.1) is 0 Å². The summed E-state index contributed by atoms with van der Waals surface area (Å²) in [5, 5.41) is 0. The van der Waals surface area contributed by atoms with Crippen molar-refractivity contribution in [3.8, 4) is 0 Å². The first kappa shape index (κ1) is 9.06. The van der Waals surface area contributed by atoms with Crippen LogP contribution < -0.4 is 11.3 Å². The van der Waals surface area contributed by atoms with Crippen molar-refractivity contribution >= 4 is 0 Å². The van der Waals surface area contributed by atoms with Crippen LogP contribution in [0.3, 0.4) is 0 Å². The summed E-state index contributed by atoms with van der Waals surface area (Å²) in [5.41, 5.74) is 2.32. The van der Waals surface area contributed by atoms with E-state index in [4.69, 9.17) is 5.84 Å². The maximum Gasteiger partial charge on any atom is 0 e. The Bertz CT molecular complexity index is 9.61. The van der Waals surface area contributed by atoms with Gasteiger partial charge >= 0.3 is 0 Å². The zero-order chi connectivity index (χ0) is 3.41. The van der Waals surface area contributed by atoms with Crippen LogP contribution in [0, 0.1) is 6.92 Å². The maximum absolute atomic E-state index is 4.72. The third-order valence-electron chi connectivity index (χ3n) is 0.144. The van der Waals surface area contributed by atoms with Gasteiger partial charge in [-0.2, -0.15) is 0 Å². The van der Waals surface area contributed by atoms with Gasteiger partial charge in [-0.05, 0) is 0 Å². The molecule has 0 bridgehead atoms. The summed E-state index contributed by atoms with van der Waals surface area (Å²) < 4.78 is 0. The van der Waals surface area contributed by atoms with Gasteiger partial charge in [0.15, 0.2) is 0 Å². The summed E-state index contributed by atoms with van der Waals surface area (Å²) >= 11 is 0. The molecule has 0 aromatic rings. The Morgan fingerprint density at radius 3 is 2.00 bits per heavy atom. The fourth-order valence-electron chi connectivity index (χ4n) is 0. The molecule has 0 aliphatic heterocycles. The Balaban J connectivity index is 0. The molecule has 0 fully saturated rings. The van der Waals surface area contributed by atoms with Gasteiger partial charge in [-0.15, -0.1) is 6.54 Å². The summed E-state index contributed by atoms with van der Waals surface area (Å²) in [4.78, 5) is 0. The summed E-state index contributed by atoms with van der Waals surface area (Å²) in [7, 11) is 0. The van der Waals surface area contributed by atoms with Gasteiger partial charge in [0.25, 0.3) is 0 Å². The van der Waals surface area contributed by atoms with Crippen molar-refractivity contribution in [3.63, 3.8) is 0 Å². The van der Waals surface area contributed by atoms with Gasteiger partial charge in [-0.1, -0.05) is 0 Å². The molecule has 0 saturated carbocycles. The molecule has 0 heterocycles. The largest absolute Gasteiger partial charge is 0.328 e. The van der Waals surface area contributed by atoms with Crippen LogP contribution in [0.4, 0.5) is 0 Å². The summed E-state index contributed by atoms with van der Waals surface area (Å²) in [5.74, 6) is 4.72. The Morgan fingerprint density at radius 1 is 1.80 bits per heavy atom. The molecule has 2 nitrogen and oxygen atoms in total. The molecule has 0 amide bonds. The Morgan fingerprint density at radius 2 is 2.00 bits per heavy atom. The number of hydrogen-bond acceptors (Lipinski definition) is 2. The van der Waals surface area contributed by atoms with Gasteiger partial charge in [0.2, 0.25) is 0 Å². The number of hydrogen-bond donors (Lipinski definition) is 2. The summed E-state index contributed by atoms with van der Waals surface area (Å²) in [6, 6.07) is 0. The van der Waals surface area contributed by atoms with E-state index in [1.807, 2.05) is 0 Å². The van der Waals surface area contributed by atoms with Crippen molar-refractivity contribution in [1.29, 1.82) is 0 Å². The number of nitrogens with one attached hydrogen (secondary N) is 1. The van der Waals surface area contributed by atoms with Crippen molar-refractivity contribution in [2.75, 3.05) is 6.54 Å². The molecule has 0 aliphatic rings. The number of nitrogens with two attached hydrogens (primary N) is 1. The predicted molar refractivity (Wildman–Crippen MR) is 17.5 cm³/mol. The minimum Gasteiger partial charge on any atom is -0.328 e.